The second kappa shape index (κ2) is 12.1. The zero-order valence-electron chi connectivity index (χ0n) is 16.3. The molecular formula is C21H24Cl2N2O3S. The minimum atomic E-state index is -0.658. The van der Waals surface area contributed by atoms with Gasteiger partial charge in [0.15, 0.2) is 0 Å². The van der Waals surface area contributed by atoms with Crippen molar-refractivity contribution in [2.24, 2.45) is 0 Å². The van der Waals surface area contributed by atoms with Gasteiger partial charge in [-0.2, -0.15) is 11.8 Å². The second-order valence-electron chi connectivity index (χ2n) is 6.40. The Balaban J connectivity index is 2.00. The molecule has 0 spiro atoms. The summed E-state index contributed by atoms with van der Waals surface area (Å²) < 4.78 is 5.09. The number of hydrogen-bond acceptors (Lipinski definition) is 4. The van der Waals surface area contributed by atoms with Crippen LogP contribution < -0.4 is 10.6 Å². The van der Waals surface area contributed by atoms with E-state index in [0.29, 0.717) is 24.6 Å². The fraction of sp³-hybridized carbons (Fsp3) is 0.333. The van der Waals surface area contributed by atoms with Gasteiger partial charge in [0.05, 0.1) is 17.2 Å². The third-order valence-electron chi connectivity index (χ3n) is 4.21. The number of nitrogens with one attached hydrogen (secondary N) is 2. The lowest BCUT2D eigenvalue weighted by atomic mass is 10.1. The Hall–Kier alpha value is -1.73. The number of thioether (sulfide) groups is 1. The van der Waals surface area contributed by atoms with Crippen molar-refractivity contribution >= 4 is 46.8 Å². The van der Waals surface area contributed by atoms with Gasteiger partial charge in [-0.3, -0.25) is 9.59 Å². The van der Waals surface area contributed by atoms with E-state index in [0.717, 1.165) is 16.9 Å². The minimum Gasteiger partial charge on any atom is -0.380 e. The first-order valence-electron chi connectivity index (χ1n) is 9.04. The van der Waals surface area contributed by atoms with Crippen LogP contribution in [0.25, 0.3) is 0 Å². The van der Waals surface area contributed by atoms with Crippen molar-refractivity contribution < 1.29 is 14.3 Å². The summed E-state index contributed by atoms with van der Waals surface area (Å²) in [6.07, 6.45) is 2.46. The van der Waals surface area contributed by atoms with Crippen LogP contribution in [0.15, 0.2) is 42.5 Å². The number of halogens is 2. The molecule has 0 fully saturated rings. The van der Waals surface area contributed by atoms with E-state index in [1.807, 2.05) is 30.5 Å². The molecular weight excluding hydrogens is 431 g/mol. The monoisotopic (exact) mass is 454 g/mol. The van der Waals surface area contributed by atoms with Gasteiger partial charge in [0.2, 0.25) is 5.91 Å². The van der Waals surface area contributed by atoms with Crippen LogP contribution in [-0.4, -0.2) is 37.0 Å². The van der Waals surface area contributed by atoms with Crippen LogP contribution in [0.3, 0.4) is 0 Å². The molecule has 8 heteroatoms. The highest BCUT2D eigenvalue weighted by Crippen LogP contribution is 2.21. The average molecular weight is 455 g/mol. The lowest BCUT2D eigenvalue weighted by molar-refractivity contribution is -0.123. The Kier molecular flexibility index (Phi) is 9.81. The maximum absolute atomic E-state index is 12.7. The SMILES string of the molecule is COCc1ccc(CNC(=O)C(CCSC)NC(=O)c2ccc(Cl)cc2Cl)cc1. The Bertz CT molecular complexity index is 831. The number of methoxy groups -OCH3 is 1. The summed E-state index contributed by atoms with van der Waals surface area (Å²) in [6, 6.07) is 11.8. The summed E-state index contributed by atoms with van der Waals surface area (Å²) in [5, 5.41) is 6.36. The first kappa shape index (κ1) is 23.5. The van der Waals surface area contributed by atoms with Gasteiger partial charge in [-0.05, 0) is 47.8 Å². The summed E-state index contributed by atoms with van der Waals surface area (Å²) in [5.74, 6) is 0.0913. The highest BCUT2D eigenvalue weighted by molar-refractivity contribution is 7.98. The molecule has 29 heavy (non-hydrogen) atoms. The number of amides is 2. The highest BCUT2D eigenvalue weighted by Gasteiger charge is 2.22. The third kappa shape index (κ3) is 7.55. The van der Waals surface area contributed by atoms with E-state index >= 15 is 0 Å². The van der Waals surface area contributed by atoms with Gasteiger partial charge < -0.3 is 15.4 Å². The molecule has 2 aromatic carbocycles. The number of carbonyl (C=O) groups excluding carboxylic acids is 2. The Morgan fingerprint density at radius 3 is 2.41 bits per heavy atom. The van der Waals surface area contributed by atoms with E-state index in [9.17, 15) is 9.59 Å². The fourth-order valence-electron chi connectivity index (χ4n) is 2.65. The van der Waals surface area contributed by atoms with E-state index in [-0.39, 0.29) is 16.5 Å². The average Bonchev–Trinajstić information content (AvgIpc) is 2.70. The van der Waals surface area contributed by atoms with E-state index in [1.165, 1.54) is 6.07 Å². The van der Waals surface area contributed by atoms with Crippen molar-refractivity contribution in [3.8, 4) is 0 Å². The summed E-state index contributed by atoms with van der Waals surface area (Å²) in [6.45, 7) is 0.919. The Labute approximate surface area is 185 Å². The standard InChI is InChI=1S/C21H24Cl2N2O3S/c1-28-13-15-5-3-14(4-6-15)12-24-21(27)19(9-10-29-2)25-20(26)17-8-7-16(22)11-18(17)23/h3-8,11,19H,9-10,12-13H2,1-2H3,(H,24,27)(H,25,26). The van der Waals surface area contributed by atoms with Gasteiger partial charge in [-0.25, -0.2) is 0 Å². The van der Waals surface area contributed by atoms with Gasteiger partial charge >= 0.3 is 0 Å². The molecule has 1 unspecified atom stereocenters. The van der Waals surface area contributed by atoms with Crippen LogP contribution in [-0.2, 0) is 22.7 Å². The molecule has 5 nitrogen and oxygen atoms in total. The molecule has 0 aliphatic rings. The van der Waals surface area contributed by atoms with E-state index < -0.39 is 11.9 Å². The Morgan fingerprint density at radius 1 is 1.10 bits per heavy atom. The quantitative estimate of drug-likeness (QED) is 0.561. The largest absolute Gasteiger partial charge is 0.380 e. The van der Waals surface area contributed by atoms with E-state index in [4.69, 9.17) is 27.9 Å². The zero-order chi connectivity index (χ0) is 21.2. The van der Waals surface area contributed by atoms with Gasteiger partial charge in [0.1, 0.15) is 6.04 Å². The predicted molar refractivity (Wildman–Crippen MR) is 120 cm³/mol. The second-order valence-corrected chi connectivity index (χ2v) is 8.23. The molecule has 0 saturated carbocycles. The maximum atomic E-state index is 12.7. The summed E-state index contributed by atoms with van der Waals surface area (Å²) in [4.78, 5) is 25.3. The topological polar surface area (TPSA) is 67.4 Å². The number of benzene rings is 2. The first-order chi connectivity index (χ1) is 13.9. The van der Waals surface area contributed by atoms with Crippen molar-refractivity contribution in [3.63, 3.8) is 0 Å². The Morgan fingerprint density at radius 2 is 1.79 bits per heavy atom. The maximum Gasteiger partial charge on any atom is 0.253 e. The molecule has 2 amide bonds. The molecule has 0 aliphatic heterocycles. The summed E-state index contributed by atoms with van der Waals surface area (Å²) in [7, 11) is 1.65. The molecule has 2 aromatic rings. The summed E-state index contributed by atoms with van der Waals surface area (Å²) >= 11 is 13.6. The van der Waals surface area contributed by atoms with Crippen molar-refractivity contribution in [2.45, 2.75) is 25.6 Å². The molecule has 0 aliphatic carbocycles. The van der Waals surface area contributed by atoms with Crippen LogP contribution in [0.1, 0.15) is 27.9 Å². The lowest BCUT2D eigenvalue weighted by Gasteiger charge is -2.19. The lowest BCUT2D eigenvalue weighted by Crippen LogP contribution is -2.47. The number of rotatable bonds is 10. The van der Waals surface area contributed by atoms with Crippen molar-refractivity contribution in [2.75, 3.05) is 19.1 Å². The van der Waals surface area contributed by atoms with Gasteiger partial charge in [0.25, 0.3) is 5.91 Å². The van der Waals surface area contributed by atoms with Crippen molar-refractivity contribution in [1.82, 2.24) is 10.6 Å². The van der Waals surface area contributed by atoms with Gasteiger partial charge in [-0.15, -0.1) is 0 Å². The molecule has 0 aromatic heterocycles. The molecule has 2 N–H and O–H groups in total. The van der Waals surface area contributed by atoms with Crippen LogP contribution >= 0.6 is 35.0 Å². The van der Waals surface area contributed by atoms with E-state index in [1.54, 1.807) is 31.0 Å². The van der Waals surface area contributed by atoms with Crippen LogP contribution in [0, 0.1) is 0 Å². The number of hydrogen-bond donors (Lipinski definition) is 2. The van der Waals surface area contributed by atoms with E-state index in [2.05, 4.69) is 10.6 Å². The molecule has 0 radical (unpaired) electrons. The molecule has 0 saturated heterocycles. The predicted octanol–water partition coefficient (Wildman–Crippen LogP) is 4.31. The third-order valence-corrected chi connectivity index (χ3v) is 5.40. The summed E-state index contributed by atoms with van der Waals surface area (Å²) in [5.41, 5.74) is 2.31. The number of carbonyl (C=O) groups is 2. The van der Waals surface area contributed by atoms with Crippen molar-refractivity contribution in [3.05, 3.63) is 69.2 Å². The van der Waals surface area contributed by atoms with Crippen LogP contribution in [0.2, 0.25) is 10.0 Å². The normalized spacial score (nSPS) is 11.7. The molecule has 0 bridgehead atoms. The number of ether oxygens (including phenoxy) is 1. The molecule has 156 valence electrons. The zero-order valence-corrected chi connectivity index (χ0v) is 18.7. The molecule has 0 heterocycles. The highest BCUT2D eigenvalue weighted by atomic mass is 35.5. The fourth-order valence-corrected chi connectivity index (χ4v) is 3.61. The first-order valence-corrected chi connectivity index (χ1v) is 11.2. The smallest absolute Gasteiger partial charge is 0.253 e. The van der Waals surface area contributed by atoms with Crippen LogP contribution in [0.4, 0.5) is 0 Å². The van der Waals surface area contributed by atoms with Crippen LogP contribution in [0.5, 0.6) is 0 Å². The molecule has 2 rings (SSSR count). The minimum absolute atomic E-state index is 0.238. The van der Waals surface area contributed by atoms with Gasteiger partial charge in [-0.1, -0.05) is 47.5 Å². The van der Waals surface area contributed by atoms with Gasteiger partial charge in [0, 0.05) is 18.7 Å². The molecule has 1 atom stereocenters. The van der Waals surface area contributed by atoms with Crippen molar-refractivity contribution in [1.29, 1.82) is 0 Å².